The summed E-state index contributed by atoms with van der Waals surface area (Å²) in [6, 6.07) is 0. The van der Waals surface area contributed by atoms with Crippen LogP contribution in [0.2, 0.25) is 0 Å². The lowest BCUT2D eigenvalue weighted by molar-refractivity contribution is -0.167. The average Bonchev–Trinajstić information content (AvgIpc) is 3.27. The summed E-state index contributed by atoms with van der Waals surface area (Å²) >= 11 is 0. The van der Waals surface area contributed by atoms with Gasteiger partial charge in [-0.25, -0.2) is 0 Å². The average molecular weight is 873 g/mol. The van der Waals surface area contributed by atoms with Crippen LogP contribution in [0.5, 0.6) is 0 Å². The van der Waals surface area contributed by atoms with Crippen LogP contribution < -0.4 is 0 Å². The Morgan fingerprint density at radius 2 is 0.581 bits per heavy atom. The minimum atomic E-state index is -0.772. The van der Waals surface area contributed by atoms with E-state index in [1.54, 1.807) is 0 Å². The smallest absolute Gasteiger partial charge is 0.306 e. The molecule has 0 rings (SSSR count). The number of esters is 3. The van der Waals surface area contributed by atoms with E-state index in [1.165, 1.54) is 180 Å². The highest BCUT2D eigenvalue weighted by Crippen LogP contribution is 2.16. The van der Waals surface area contributed by atoms with Crippen molar-refractivity contribution < 1.29 is 28.6 Å². The Kier molecular flexibility index (Phi) is 49.8. The van der Waals surface area contributed by atoms with Gasteiger partial charge in [-0.1, -0.05) is 251 Å². The number of rotatable bonds is 50. The molecule has 0 aliphatic rings. The Bertz CT molecular complexity index is 1000. The van der Waals surface area contributed by atoms with Crippen molar-refractivity contribution in [1.29, 1.82) is 0 Å². The number of unbranched alkanes of at least 4 members (excludes halogenated alkanes) is 35. The second-order valence-electron chi connectivity index (χ2n) is 18.5. The van der Waals surface area contributed by atoms with Gasteiger partial charge in [-0.2, -0.15) is 0 Å². The van der Waals surface area contributed by atoms with Crippen LogP contribution in [0.15, 0.2) is 24.3 Å². The monoisotopic (exact) mass is 873 g/mol. The number of allylic oxidation sites excluding steroid dienone is 4. The van der Waals surface area contributed by atoms with Gasteiger partial charge in [0.15, 0.2) is 6.10 Å². The van der Waals surface area contributed by atoms with E-state index in [9.17, 15) is 14.4 Å². The van der Waals surface area contributed by atoms with Crippen LogP contribution in [0, 0.1) is 0 Å². The van der Waals surface area contributed by atoms with Gasteiger partial charge < -0.3 is 14.2 Å². The summed E-state index contributed by atoms with van der Waals surface area (Å²) in [5.41, 5.74) is 0. The molecule has 0 aromatic rings. The fourth-order valence-corrected chi connectivity index (χ4v) is 8.06. The van der Waals surface area contributed by atoms with Crippen molar-refractivity contribution >= 4 is 17.9 Å². The van der Waals surface area contributed by atoms with Gasteiger partial charge in [0, 0.05) is 19.3 Å². The summed E-state index contributed by atoms with van der Waals surface area (Å²) in [5.74, 6) is -0.869. The highest BCUT2D eigenvalue weighted by Gasteiger charge is 2.19. The number of carbonyl (C=O) groups is 3. The summed E-state index contributed by atoms with van der Waals surface area (Å²) < 4.78 is 16.8. The molecule has 0 spiro atoms. The molecular formula is C56H104O6. The predicted molar refractivity (Wildman–Crippen MR) is 266 cm³/mol. The van der Waals surface area contributed by atoms with Crippen molar-refractivity contribution in [3.63, 3.8) is 0 Å². The molecule has 0 N–H and O–H groups in total. The van der Waals surface area contributed by atoms with Gasteiger partial charge in [-0.05, 0) is 51.4 Å². The van der Waals surface area contributed by atoms with E-state index in [2.05, 4.69) is 45.1 Å². The standard InChI is InChI=1S/C56H104O6/c1-4-7-10-13-16-19-22-24-26-28-30-31-34-37-40-43-46-49-55(58)61-52-53(51-60-54(57)48-45-42-39-36-33-21-18-15-12-9-6-3)62-56(59)50-47-44-41-38-35-32-29-27-25-23-20-17-14-11-8-5-2/h20,23,27,29,53H,4-19,21-22,24-26,28,30-52H2,1-3H3/b23-20-,29-27-. The fraction of sp³-hybridized carbons (Fsp3) is 0.875. The van der Waals surface area contributed by atoms with Crippen LogP contribution in [0.3, 0.4) is 0 Å². The zero-order chi connectivity index (χ0) is 45.1. The van der Waals surface area contributed by atoms with Crippen molar-refractivity contribution in [2.24, 2.45) is 0 Å². The van der Waals surface area contributed by atoms with Gasteiger partial charge in [-0.3, -0.25) is 14.4 Å². The molecule has 0 heterocycles. The maximum atomic E-state index is 12.8. The van der Waals surface area contributed by atoms with Crippen molar-refractivity contribution in [3.8, 4) is 0 Å². The molecule has 1 atom stereocenters. The lowest BCUT2D eigenvalue weighted by Gasteiger charge is -2.18. The van der Waals surface area contributed by atoms with E-state index >= 15 is 0 Å². The van der Waals surface area contributed by atoms with Crippen LogP contribution in [0.4, 0.5) is 0 Å². The molecule has 0 radical (unpaired) electrons. The molecule has 6 heteroatoms. The van der Waals surface area contributed by atoms with Crippen LogP contribution in [-0.4, -0.2) is 37.2 Å². The Hall–Kier alpha value is -2.11. The molecule has 0 saturated heterocycles. The Morgan fingerprint density at radius 3 is 0.903 bits per heavy atom. The Labute approximate surface area is 385 Å². The van der Waals surface area contributed by atoms with Crippen LogP contribution >= 0.6 is 0 Å². The third kappa shape index (κ3) is 48.9. The van der Waals surface area contributed by atoms with E-state index in [0.717, 1.165) is 77.0 Å². The first kappa shape index (κ1) is 59.9. The largest absolute Gasteiger partial charge is 0.462 e. The molecule has 0 bridgehead atoms. The van der Waals surface area contributed by atoms with E-state index in [-0.39, 0.29) is 31.1 Å². The van der Waals surface area contributed by atoms with Crippen molar-refractivity contribution in [2.45, 2.75) is 303 Å². The minimum Gasteiger partial charge on any atom is -0.462 e. The number of ether oxygens (including phenoxy) is 3. The van der Waals surface area contributed by atoms with Crippen molar-refractivity contribution in [3.05, 3.63) is 24.3 Å². The summed E-state index contributed by atoms with van der Waals surface area (Å²) in [5, 5.41) is 0. The Balaban J connectivity index is 4.32. The van der Waals surface area contributed by atoms with E-state index in [1.807, 2.05) is 0 Å². The number of hydrogen-bond acceptors (Lipinski definition) is 6. The van der Waals surface area contributed by atoms with Gasteiger partial charge in [-0.15, -0.1) is 0 Å². The topological polar surface area (TPSA) is 78.9 Å². The zero-order valence-corrected chi connectivity index (χ0v) is 41.7. The third-order valence-electron chi connectivity index (χ3n) is 12.2. The van der Waals surface area contributed by atoms with Gasteiger partial charge >= 0.3 is 17.9 Å². The molecule has 0 aliphatic heterocycles. The molecule has 62 heavy (non-hydrogen) atoms. The molecule has 0 aliphatic carbocycles. The summed E-state index contributed by atoms with van der Waals surface area (Å²) in [4.78, 5) is 38.0. The quantitative estimate of drug-likeness (QED) is 0.0262. The summed E-state index contributed by atoms with van der Waals surface area (Å²) in [7, 11) is 0. The number of hydrogen-bond donors (Lipinski definition) is 0. The minimum absolute atomic E-state index is 0.0719. The third-order valence-corrected chi connectivity index (χ3v) is 12.2. The van der Waals surface area contributed by atoms with Gasteiger partial charge in [0.1, 0.15) is 13.2 Å². The highest BCUT2D eigenvalue weighted by molar-refractivity contribution is 5.71. The molecule has 0 fully saturated rings. The molecular weight excluding hydrogens is 769 g/mol. The normalized spacial score (nSPS) is 12.1. The molecule has 364 valence electrons. The molecule has 0 amide bonds. The van der Waals surface area contributed by atoms with Gasteiger partial charge in [0.2, 0.25) is 0 Å². The maximum absolute atomic E-state index is 12.8. The first-order chi connectivity index (χ1) is 30.5. The lowest BCUT2D eigenvalue weighted by atomic mass is 10.0. The van der Waals surface area contributed by atoms with Crippen LogP contribution in [-0.2, 0) is 28.6 Å². The second kappa shape index (κ2) is 51.5. The highest BCUT2D eigenvalue weighted by atomic mass is 16.6. The van der Waals surface area contributed by atoms with E-state index in [0.29, 0.717) is 19.3 Å². The van der Waals surface area contributed by atoms with Crippen molar-refractivity contribution in [1.82, 2.24) is 0 Å². The van der Waals surface area contributed by atoms with Crippen molar-refractivity contribution in [2.75, 3.05) is 13.2 Å². The van der Waals surface area contributed by atoms with Gasteiger partial charge in [0.05, 0.1) is 0 Å². The predicted octanol–water partition coefficient (Wildman–Crippen LogP) is 17.9. The SMILES string of the molecule is CCCCCC/C=C\C/C=C\CCCCCCCC(=O)OC(COC(=O)CCCCCCCCCCCCC)COC(=O)CCCCCCCCCCCCCCCCCCC. The molecule has 0 aromatic carbocycles. The molecule has 0 aromatic heterocycles. The maximum Gasteiger partial charge on any atom is 0.306 e. The first-order valence-corrected chi connectivity index (χ1v) is 27.3. The van der Waals surface area contributed by atoms with E-state index < -0.39 is 6.10 Å². The first-order valence-electron chi connectivity index (χ1n) is 27.3. The molecule has 1 unspecified atom stereocenters. The van der Waals surface area contributed by atoms with Gasteiger partial charge in [0.25, 0.3) is 0 Å². The summed E-state index contributed by atoms with van der Waals surface area (Å²) in [6.07, 6.45) is 58.7. The van der Waals surface area contributed by atoms with E-state index in [4.69, 9.17) is 14.2 Å². The van der Waals surface area contributed by atoms with Crippen LogP contribution in [0.1, 0.15) is 297 Å². The summed E-state index contributed by atoms with van der Waals surface area (Å²) in [6.45, 7) is 6.64. The fourth-order valence-electron chi connectivity index (χ4n) is 8.06. The lowest BCUT2D eigenvalue weighted by Crippen LogP contribution is -2.30. The Morgan fingerprint density at radius 1 is 0.323 bits per heavy atom. The molecule has 6 nitrogen and oxygen atoms in total. The van der Waals surface area contributed by atoms with Crippen LogP contribution in [0.25, 0.3) is 0 Å². The number of carbonyl (C=O) groups excluding carboxylic acids is 3. The molecule has 0 saturated carbocycles. The second-order valence-corrected chi connectivity index (χ2v) is 18.5. The zero-order valence-electron chi connectivity index (χ0n) is 41.7.